The first-order chi connectivity index (χ1) is 6.02. The van der Waals surface area contributed by atoms with Crippen LogP contribution in [0.4, 0.5) is 4.79 Å². The summed E-state index contributed by atoms with van der Waals surface area (Å²) in [4.78, 5) is 24.4. The number of carboxylic acid groups (broad SMARTS) is 1. The van der Waals surface area contributed by atoms with Gasteiger partial charge in [0.05, 0.1) is 0 Å². The van der Waals surface area contributed by atoms with Crippen LogP contribution in [0.1, 0.15) is 0 Å². The maximum absolute atomic E-state index is 10.9. The lowest BCUT2D eigenvalue weighted by atomic mass is 10.2. The Labute approximate surface area is 75.9 Å². The molecule has 1 rings (SSSR count). The van der Waals surface area contributed by atoms with Crippen molar-refractivity contribution in [3.05, 3.63) is 0 Å². The minimum Gasteiger partial charge on any atom is -0.465 e. The first-order valence-corrected chi connectivity index (χ1v) is 4.00. The van der Waals surface area contributed by atoms with Gasteiger partial charge in [-0.25, -0.2) is 4.79 Å². The van der Waals surface area contributed by atoms with Gasteiger partial charge in [0.1, 0.15) is 6.04 Å². The molecule has 2 amide bonds. The second-order valence-corrected chi connectivity index (χ2v) is 3.13. The second-order valence-electron chi connectivity index (χ2n) is 3.13. The molecular weight excluding hydrogens is 174 g/mol. The molecule has 1 fully saturated rings. The van der Waals surface area contributed by atoms with Gasteiger partial charge in [-0.1, -0.05) is 0 Å². The summed E-state index contributed by atoms with van der Waals surface area (Å²) in [5.41, 5.74) is 5.12. The number of likely N-dealkylation sites (N-methyl/N-ethyl adjacent to an activating group) is 1. The molecule has 0 spiro atoms. The smallest absolute Gasteiger partial charge is 0.407 e. The van der Waals surface area contributed by atoms with Gasteiger partial charge in [-0.2, -0.15) is 0 Å². The number of nitrogens with two attached hydrogens (primary N) is 1. The number of carbonyl (C=O) groups excluding carboxylic acids is 1. The Morgan fingerprint density at radius 2 is 2.08 bits per heavy atom. The predicted octanol–water partition coefficient (Wildman–Crippen LogP) is -1.23. The number of hydrogen-bond acceptors (Lipinski definition) is 3. The van der Waals surface area contributed by atoms with Crippen LogP contribution < -0.4 is 5.73 Å². The summed E-state index contributed by atoms with van der Waals surface area (Å²) in [7, 11) is 1.76. The van der Waals surface area contributed by atoms with Gasteiger partial charge in [0.15, 0.2) is 0 Å². The lowest BCUT2D eigenvalue weighted by Gasteiger charge is -2.36. The number of nitrogens with zero attached hydrogens (tertiary/aromatic N) is 2. The molecule has 0 unspecified atom stereocenters. The van der Waals surface area contributed by atoms with E-state index in [4.69, 9.17) is 10.8 Å². The van der Waals surface area contributed by atoms with E-state index in [1.807, 2.05) is 0 Å². The van der Waals surface area contributed by atoms with Crippen LogP contribution in [0.5, 0.6) is 0 Å². The molecule has 0 saturated carbocycles. The van der Waals surface area contributed by atoms with Gasteiger partial charge in [0, 0.05) is 19.6 Å². The highest BCUT2D eigenvalue weighted by Gasteiger charge is 2.30. The van der Waals surface area contributed by atoms with Crippen molar-refractivity contribution < 1.29 is 14.7 Å². The van der Waals surface area contributed by atoms with Crippen LogP contribution in [0.25, 0.3) is 0 Å². The van der Waals surface area contributed by atoms with Gasteiger partial charge < -0.3 is 15.7 Å². The van der Waals surface area contributed by atoms with Gasteiger partial charge in [0.2, 0.25) is 5.91 Å². The Morgan fingerprint density at radius 3 is 2.54 bits per heavy atom. The number of piperazine rings is 1. The molecule has 74 valence electrons. The van der Waals surface area contributed by atoms with Crippen LogP contribution >= 0.6 is 0 Å². The molecule has 13 heavy (non-hydrogen) atoms. The number of primary amides is 1. The van der Waals surface area contributed by atoms with E-state index in [1.165, 1.54) is 4.90 Å². The summed E-state index contributed by atoms with van der Waals surface area (Å²) in [5.74, 6) is -0.478. The van der Waals surface area contributed by atoms with E-state index < -0.39 is 18.0 Å². The fourth-order valence-electron chi connectivity index (χ4n) is 1.35. The normalized spacial score (nSPS) is 24.4. The van der Waals surface area contributed by atoms with Crippen LogP contribution in [0.3, 0.4) is 0 Å². The SMILES string of the molecule is CN1CCN(C(=O)O)C[C@H]1C(N)=O. The zero-order valence-corrected chi connectivity index (χ0v) is 7.43. The highest BCUT2D eigenvalue weighted by molar-refractivity contribution is 5.81. The lowest BCUT2D eigenvalue weighted by Crippen LogP contribution is -2.57. The molecule has 1 aliphatic heterocycles. The first kappa shape index (κ1) is 9.79. The van der Waals surface area contributed by atoms with E-state index in [0.717, 1.165) is 0 Å². The molecular formula is C7H13N3O3. The number of rotatable bonds is 1. The van der Waals surface area contributed by atoms with E-state index in [2.05, 4.69) is 0 Å². The summed E-state index contributed by atoms with van der Waals surface area (Å²) in [6.07, 6.45) is -1.00. The first-order valence-electron chi connectivity index (χ1n) is 4.00. The zero-order valence-electron chi connectivity index (χ0n) is 7.43. The van der Waals surface area contributed by atoms with Crippen molar-refractivity contribution in [3.63, 3.8) is 0 Å². The van der Waals surface area contributed by atoms with Crippen molar-refractivity contribution in [1.82, 2.24) is 9.80 Å². The zero-order chi connectivity index (χ0) is 10.0. The molecule has 1 heterocycles. The Kier molecular flexibility index (Phi) is 2.72. The van der Waals surface area contributed by atoms with Gasteiger partial charge in [-0.05, 0) is 7.05 Å². The summed E-state index contributed by atoms with van der Waals surface area (Å²) >= 11 is 0. The summed E-state index contributed by atoms with van der Waals surface area (Å²) in [6, 6.07) is -0.496. The van der Waals surface area contributed by atoms with Gasteiger partial charge in [0.25, 0.3) is 0 Å². The van der Waals surface area contributed by atoms with Crippen LogP contribution in [0, 0.1) is 0 Å². The maximum atomic E-state index is 10.9. The van der Waals surface area contributed by atoms with Gasteiger partial charge in [-0.15, -0.1) is 0 Å². The Morgan fingerprint density at radius 1 is 1.46 bits per heavy atom. The predicted molar refractivity (Wildman–Crippen MR) is 45.2 cm³/mol. The summed E-state index contributed by atoms with van der Waals surface area (Å²) in [5, 5.41) is 8.68. The number of carbonyl (C=O) groups is 2. The van der Waals surface area contributed by atoms with Crippen molar-refractivity contribution >= 4 is 12.0 Å². The molecule has 0 aromatic carbocycles. The quantitative estimate of drug-likeness (QED) is 0.538. The molecule has 1 aliphatic rings. The van der Waals surface area contributed by atoms with Crippen LogP contribution in [0.2, 0.25) is 0 Å². The number of amides is 2. The lowest BCUT2D eigenvalue weighted by molar-refractivity contribution is -0.124. The van der Waals surface area contributed by atoms with E-state index in [9.17, 15) is 9.59 Å². The summed E-state index contributed by atoms with van der Waals surface area (Å²) < 4.78 is 0. The van der Waals surface area contributed by atoms with E-state index in [1.54, 1.807) is 11.9 Å². The Hall–Kier alpha value is -1.30. The molecule has 1 atom stereocenters. The average molecular weight is 187 g/mol. The van der Waals surface area contributed by atoms with Crippen LogP contribution in [0.15, 0.2) is 0 Å². The minimum absolute atomic E-state index is 0.168. The average Bonchev–Trinajstić information content (AvgIpc) is 2.04. The minimum atomic E-state index is -1.00. The maximum Gasteiger partial charge on any atom is 0.407 e. The molecule has 0 radical (unpaired) electrons. The van der Waals surface area contributed by atoms with Crippen molar-refractivity contribution in [3.8, 4) is 0 Å². The molecule has 0 aromatic heterocycles. The molecule has 6 nitrogen and oxygen atoms in total. The Balaban J connectivity index is 2.63. The highest BCUT2D eigenvalue weighted by Crippen LogP contribution is 2.06. The van der Waals surface area contributed by atoms with Crippen LogP contribution in [-0.4, -0.2) is 59.6 Å². The van der Waals surface area contributed by atoms with Crippen LogP contribution in [-0.2, 0) is 4.79 Å². The van der Waals surface area contributed by atoms with E-state index in [-0.39, 0.29) is 6.54 Å². The van der Waals surface area contributed by atoms with E-state index in [0.29, 0.717) is 13.1 Å². The third-order valence-electron chi connectivity index (χ3n) is 2.25. The van der Waals surface area contributed by atoms with Crippen molar-refractivity contribution in [2.75, 3.05) is 26.7 Å². The van der Waals surface area contributed by atoms with Gasteiger partial charge in [-0.3, -0.25) is 9.69 Å². The Bertz CT molecular complexity index is 231. The molecule has 0 aliphatic carbocycles. The van der Waals surface area contributed by atoms with Gasteiger partial charge >= 0.3 is 6.09 Å². The summed E-state index contributed by atoms with van der Waals surface area (Å²) in [6.45, 7) is 1.14. The topological polar surface area (TPSA) is 86.9 Å². The van der Waals surface area contributed by atoms with Crippen molar-refractivity contribution in [2.45, 2.75) is 6.04 Å². The highest BCUT2D eigenvalue weighted by atomic mass is 16.4. The third-order valence-corrected chi connectivity index (χ3v) is 2.25. The fraction of sp³-hybridized carbons (Fsp3) is 0.714. The standard InChI is InChI=1S/C7H13N3O3/c1-9-2-3-10(7(12)13)4-5(9)6(8)11/h5H,2-4H2,1H3,(H2,8,11)(H,12,13)/t5-/m0/s1. The third kappa shape index (κ3) is 2.09. The molecule has 0 aromatic rings. The molecule has 6 heteroatoms. The van der Waals surface area contributed by atoms with E-state index >= 15 is 0 Å². The largest absolute Gasteiger partial charge is 0.465 e. The molecule has 1 saturated heterocycles. The van der Waals surface area contributed by atoms with Crippen molar-refractivity contribution in [1.29, 1.82) is 0 Å². The molecule has 3 N–H and O–H groups in total. The molecule has 0 bridgehead atoms. The monoisotopic (exact) mass is 187 g/mol. The number of hydrogen-bond donors (Lipinski definition) is 2. The second kappa shape index (κ2) is 3.61. The van der Waals surface area contributed by atoms with Crippen molar-refractivity contribution in [2.24, 2.45) is 5.73 Å². The fourth-order valence-corrected chi connectivity index (χ4v) is 1.35.